The van der Waals surface area contributed by atoms with E-state index >= 15 is 0 Å². The van der Waals surface area contributed by atoms with E-state index in [0.29, 0.717) is 17.7 Å². The van der Waals surface area contributed by atoms with Gasteiger partial charge < -0.3 is 10.2 Å². The van der Waals surface area contributed by atoms with E-state index in [1.807, 2.05) is 18.2 Å². The Labute approximate surface area is 140 Å². The maximum Gasteiger partial charge on any atom is 0.259 e. The van der Waals surface area contributed by atoms with Crippen LogP contribution in [0.25, 0.3) is 0 Å². The molecule has 24 heavy (non-hydrogen) atoms. The number of carbonyl (C=O) groups excluding carboxylic acids is 2. The van der Waals surface area contributed by atoms with Gasteiger partial charge in [-0.15, -0.1) is 0 Å². The van der Waals surface area contributed by atoms with Crippen LogP contribution in [-0.2, 0) is 6.42 Å². The number of rotatable bonds is 3. The van der Waals surface area contributed by atoms with E-state index < -0.39 is 0 Å². The van der Waals surface area contributed by atoms with Crippen molar-refractivity contribution in [1.29, 1.82) is 0 Å². The van der Waals surface area contributed by atoms with Gasteiger partial charge in [0.15, 0.2) is 0 Å². The summed E-state index contributed by atoms with van der Waals surface area (Å²) in [4.78, 5) is 31.0. The quantitative estimate of drug-likeness (QED) is 0.945. The molecular formula is C19H19N3O2. The molecule has 5 nitrogen and oxygen atoms in total. The van der Waals surface area contributed by atoms with E-state index in [2.05, 4.69) is 16.4 Å². The number of benzene rings is 1. The highest BCUT2D eigenvalue weighted by Crippen LogP contribution is 2.28. The molecule has 1 aromatic heterocycles. The average molecular weight is 321 g/mol. The van der Waals surface area contributed by atoms with Crippen LogP contribution in [0.4, 0.5) is 5.69 Å². The molecule has 0 saturated heterocycles. The second-order valence-corrected chi connectivity index (χ2v) is 6.40. The summed E-state index contributed by atoms with van der Waals surface area (Å²) in [7, 11) is 0. The molecule has 0 unspecified atom stereocenters. The smallest absolute Gasteiger partial charge is 0.259 e. The molecule has 1 aromatic carbocycles. The molecule has 122 valence electrons. The largest absolute Gasteiger partial charge is 0.349 e. The Kier molecular flexibility index (Phi) is 3.76. The van der Waals surface area contributed by atoms with Crippen molar-refractivity contribution in [2.75, 3.05) is 11.4 Å². The van der Waals surface area contributed by atoms with Crippen molar-refractivity contribution in [2.45, 2.75) is 31.7 Å². The van der Waals surface area contributed by atoms with Crippen molar-refractivity contribution in [3.8, 4) is 0 Å². The molecule has 4 rings (SSSR count). The Morgan fingerprint density at radius 2 is 1.92 bits per heavy atom. The summed E-state index contributed by atoms with van der Waals surface area (Å²) in [5.74, 6) is -0.255. The van der Waals surface area contributed by atoms with Crippen molar-refractivity contribution in [3.05, 3.63) is 59.4 Å². The summed E-state index contributed by atoms with van der Waals surface area (Å²) < 4.78 is 0. The van der Waals surface area contributed by atoms with Crippen molar-refractivity contribution in [1.82, 2.24) is 10.3 Å². The van der Waals surface area contributed by atoms with E-state index in [0.717, 1.165) is 31.4 Å². The van der Waals surface area contributed by atoms with Gasteiger partial charge in [-0.1, -0.05) is 18.2 Å². The maximum atomic E-state index is 12.9. The number of amides is 2. The lowest BCUT2D eigenvalue weighted by molar-refractivity contribution is 0.0950. The first-order valence-electron chi connectivity index (χ1n) is 8.38. The predicted octanol–water partition coefficient (Wildman–Crippen LogP) is 2.57. The molecule has 0 atom stereocenters. The number of carbonyl (C=O) groups is 2. The highest BCUT2D eigenvalue weighted by atomic mass is 16.2. The zero-order valence-electron chi connectivity index (χ0n) is 13.4. The third-order valence-corrected chi connectivity index (χ3v) is 4.52. The summed E-state index contributed by atoms with van der Waals surface area (Å²) in [5, 5.41) is 2.93. The number of pyridine rings is 1. The molecule has 5 heteroatoms. The van der Waals surface area contributed by atoms with Gasteiger partial charge in [0.25, 0.3) is 11.8 Å². The number of nitrogens with zero attached hydrogens (tertiary/aromatic N) is 2. The van der Waals surface area contributed by atoms with Gasteiger partial charge in [-0.3, -0.25) is 14.6 Å². The fourth-order valence-electron chi connectivity index (χ4n) is 3.08. The molecule has 2 aliphatic rings. The molecular weight excluding hydrogens is 302 g/mol. The van der Waals surface area contributed by atoms with Gasteiger partial charge >= 0.3 is 0 Å². The Bertz CT molecular complexity index is 799. The molecule has 1 N–H and O–H groups in total. The minimum atomic E-state index is -0.154. The standard InChI is InChI=1S/C19H19N3O2/c23-18(21-16-7-8-16)14-10-15(12-20-11-14)19(24)22-9-3-5-13-4-1-2-6-17(13)22/h1-2,4,6,10-12,16H,3,5,7-9H2,(H,21,23). The molecule has 1 fully saturated rings. The SMILES string of the molecule is O=C(NC1CC1)c1cncc(C(=O)N2CCCc3ccccc32)c1. The van der Waals surface area contributed by atoms with Crippen LogP contribution in [0, 0.1) is 0 Å². The number of hydrogen-bond acceptors (Lipinski definition) is 3. The number of hydrogen-bond donors (Lipinski definition) is 1. The third-order valence-electron chi connectivity index (χ3n) is 4.52. The Hall–Kier alpha value is -2.69. The molecule has 2 heterocycles. The molecule has 0 bridgehead atoms. The molecule has 1 aliphatic carbocycles. The number of aryl methyl sites for hydroxylation is 1. The first kappa shape index (κ1) is 14.9. The molecule has 0 radical (unpaired) electrons. The summed E-state index contributed by atoms with van der Waals surface area (Å²) in [5.41, 5.74) is 3.04. The fraction of sp³-hybridized carbons (Fsp3) is 0.316. The zero-order valence-corrected chi connectivity index (χ0v) is 13.4. The molecule has 1 saturated carbocycles. The summed E-state index contributed by atoms with van der Waals surface area (Å²) >= 11 is 0. The van der Waals surface area contributed by atoms with Crippen LogP contribution in [0.1, 0.15) is 45.5 Å². The number of nitrogens with one attached hydrogen (secondary N) is 1. The molecule has 2 aromatic rings. The first-order valence-corrected chi connectivity index (χ1v) is 8.38. The Balaban J connectivity index is 1.60. The fourth-order valence-corrected chi connectivity index (χ4v) is 3.08. The van der Waals surface area contributed by atoms with Gasteiger partial charge in [-0.2, -0.15) is 0 Å². The van der Waals surface area contributed by atoms with Crippen molar-refractivity contribution < 1.29 is 9.59 Å². The molecule has 2 amide bonds. The van der Waals surface area contributed by atoms with Gasteiger partial charge in [-0.05, 0) is 43.4 Å². The van der Waals surface area contributed by atoms with Crippen LogP contribution < -0.4 is 10.2 Å². The minimum absolute atomic E-state index is 0.101. The van der Waals surface area contributed by atoms with Crippen molar-refractivity contribution in [3.63, 3.8) is 0 Å². The van der Waals surface area contributed by atoms with Crippen LogP contribution >= 0.6 is 0 Å². The second kappa shape index (κ2) is 6.07. The molecule has 1 aliphatic heterocycles. The van der Waals surface area contributed by atoms with Gasteiger partial charge in [0.1, 0.15) is 0 Å². The van der Waals surface area contributed by atoms with Crippen LogP contribution in [0.15, 0.2) is 42.7 Å². The first-order chi connectivity index (χ1) is 11.7. The monoisotopic (exact) mass is 321 g/mol. The Morgan fingerprint density at radius 1 is 1.12 bits per heavy atom. The predicted molar refractivity (Wildman–Crippen MR) is 91.2 cm³/mol. The number of aromatic nitrogens is 1. The van der Waals surface area contributed by atoms with Crippen LogP contribution in [-0.4, -0.2) is 29.4 Å². The molecule has 0 spiro atoms. The number of anilines is 1. The highest BCUT2D eigenvalue weighted by Gasteiger charge is 2.26. The van der Waals surface area contributed by atoms with Gasteiger partial charge in [0.05, 0.1) is 11.1 Å². The lowest BCUT2D eigenvalue weighted by Crippen LogP contribution is -2.35. The van der Waals surface area contributed by atoms with Crippen LogP contribution in [0.2, 0.25) is 0 Å². The van der Waals surface area contributed by atoms with E-state index in [-0.39, 0.29) is 17.9 Å². The van der Waals surface area contributed by atoms with Crippen LogP contribution in [0.3, 0.4) is 0 Å². The van der Waals surface area contributed by atoms with Crippen LogP contribution in [0.5, 0.6) is 0 Å². The summed E-state index contributed by atoms with van der Waals surface area (Å²) in [6.07, 6.45) is 7.04. The van der Waals surface area contributed by atoms with E-state index in [9.17, 15) is 9.59 Å². The van der Waals surface area contributed by atoms with E-state index in [1.165, 1.54) is 18.0 Å². The van der Waals surface area contributed by atoms with Crippen molar-refractivity contribution >= 4 is 17.5 Å². The third kappa shape index (κ3) is 2.89. The highest BCUT2D eigenvalue weighted by molar-refractivity contribution is 6.08. The number of fused-ring (bicyclic) bond motifs is 1. The van der Waals surface area contributed by atoms with E-state index in [1.54, 1.807) is 11.0 Å². The van der Waals surface area contributed by atoms with Crippen molar-refractivity contribution in [2.24, 2.45) is 0 Å². The normalized spacial score (nSPS) is 16.4. The zero-order chi connectivity index (χ0) is 16.5. The van der Waals surface area contributed by atoms with Gasteiger partial charge in [0, 0.05) is 30.7 Å². The van der Waals surface area contributed by atoms with Gasteiger partial charge in [0.2, 0.25) is 0 Å². The number of para-hydroxylation sites is 1. The topological polar surface area (TPSA) is 62.3 Å². The Morgan fingerprint density at radius 3 is 2.75 bits per heavy atom. The van der Waals surface area contributed by atoms with E-state index in [4.69, 9.17) is 0 Å². The second-order valence-electron chi connectivity index (χ2n) is 6.40. The summed E-state index contributed by atoms with van der Waals surface area (Å²) in [6, 6.07) is 9.91. The average Bonchev–Trinajstić information content (AvgIpc) is 3.44. The minimum Gasteiger partial charge on any atom is -0.349 e. The lowest BCUT2D eigenvalue weighted by atomic mass is 10.0. The van der Waals surface area contributed by atoms with Gasteiger partial charge in [-0.25, -0.2) is 0 Å². The summed E-state index contributed by atoms with van der Waals surface area (Å²) in [6.45, 7) is 0.689. The maximum absolute atomic E-state index is 12.9. The lowest BCUT2D eigenvalue weighted by Gasteiger charge is -2.29.